The molecule has 0 aliphatic carbocycles. The van der Waals surface area contributed by atoms with Gasteiger partial charge in [0.25, 0.3) is 5.91 Å². The Morgan fingerprint density at radius 1 is 1.32 bits per heavy atom. The maximum absolute atomic E-state index is 12.2. The van der Waals surface area contributed by atoms with Crippen molar-refractivity contribution in [3.05, 3.63) is 48.2 Å². The molecule has 0 bridgehead atoms. The fourth-order valence-corrected chi connectivity index (χ4v) is 1.67. The van der Waals surface area contributed by atoms with E-state index in [4.69, 9.17) is 10.5 Å². The van der Waals surface area contributed by atoms with Crippen molar-refractivity contribution in [3.63, 3.8) is 0 Å². The lowest BCUT2D eigenvalue weighted by Crippen LogP contribution is -2.12. The first-order valence-electron chi connectivity index (χ1n) is 6.80. The molecule has 0 unspecified atom stereocenters. The molecule has 1 aromatic heterocycles. The number of carbonyl (C=O) groups is 1. The Morgan fingerprint density at radius 3 is 2.73 bits per heavy atom. The van der Waals surface area contributed by atoms with E-state index in [9.17, 15) is 4.79 Å². The van der Waals surface area contributed by atoms with Gasteiger partial charge < -0.3 is 15.8 Å². The van der Waals surface area contributed by atoms with Gasteiger partial charge in [-0.15, -0.1) is 12.4 Å². The summed E-state index contributed by atoms with van der Waals surface area (Å²) in [5, 5.41) is 2.76. The van der Waals surface area contributed by atoms with Gasteiger partial charge in [-0.2, -0.15) is 0 Å². The number of amides is 1. The molecular weight excluding hydrogens is 302 g/mol. The Morgan fingerprint density at radius 2 is 2.09 bits per heavy atom. The number of carbonyl (C=O) groups excluding carboxylic acids is 1. The fourth-order valence-electron chi connectivity index (χ4n) is 1.67. The lowest BCUT2D eigenvalue weighted by Gasteiger charge is -2.10. The van der Waals surface area contributed by atoms with Crippen molar-refractivity contribution in [2.24, 2.45) is 5.92 Å². The van der Waals surface area contributed by atoms with Gasteiger partial charge in [-0.1, -0.05) is 19.9 Å². The van der Waals surface area contributed by atoms with Crippen LogP contribution in [-0.2, 0) is 0 Å². The summed E-state index contributed by atoms with van der Waals surface area (Å²) < 4.78 is 5.62. The molecule has 2 aromatic rings. The van der Waals surface area contributed by atoms with Crippen LogP contribution in [0.3, 0.4) is 0 Å². The van der Waals surface area contributed by atoms with E-state index in [1.54, 1.807) is 30.3 Å². The second-order valence-corrected chi connectivity index (χ2v) is 5.16. The Hall–Kier alpha value is -2.27. The van der Waals surface area contributed by atoms with Crippen molar-refractivity contribution < 1.29 is 9.53 Å². The number of nitrogens with one attached hydrogen (secondary N) is 1. The van der Waals surface area contributed by atoms with E-state index in [0.717, 1.165) is 0 Å². The Balaban J connectivity index is 0.00000242. The van der Waals surface area contributed by atoms with Crippen LogP contribution in [0, 0.1) is 5.92 Å². The van der Waals surface area contributed by atoms with E-state index in [0.29, 0.717) is 35.3 Å². The van der Waals surface area contributed by atoms with Crippen molar-refractivity contribution in [2.45, 2.75) is 13.8 Å². The maximum Gasteiger partial charge on any atom is 0.255 e. The van der Waals surface area contributed by atoms with Crippen LogP contribution in [-0.4, -0.2) is 17.5 Å². The van der Waals surface area contributed by atoms with Crippen LogP contribution in [0.15, 0.2) is 42.6 Å². The summed E-state index contributed by atoms with van der Waals surface area (Å²) >= 11 is 0. The molecule has 2 rings (SSSR count). The third-order valence-electron chi connectivity index (χ3n) is 2.72. The Labute approximate surface area is 136 Å². The minimum absolute atomic E-state index is 0. The molecule has 6 heteroatoms. The van der Waals surface area contributed by atoms with Crippen LogP contribution in [0.5, 0.6) is 5.75 Å². The van der Waals surface area contributed by atoms with Crippen molar-refractivity contribution in [1.29, 1.82) is 0 Å². The van der Waals surface area contributed by atoms with Crippen molar-refractivity contribution in [2.75, 3.05) is 17.7 Å². The zero-order chi connectivity index (χ0) is 15.2. The molecule has 0 aliphatic heterocycles. The number of halogens is 1. The SMILES string of the molecule is CC(C)COc1cccc(C(=O)Nc2ccc(N)nc2)c1.Cl. The van der Waals surface area contributed by atoms with Gasteiger partial charge in [0.15, 0.2) is 0 Å². The molecule has 0 spiro atoms. The molecule has 5 nitrogen and oxygen atoms in total. The first kappa shape index (κ1) is 17.8. The molecule has 22 heavy (non-hydrogen) atoms. The quantitative estimate of drug-likeness (QED) is 0.885. The molecule has 0 radical (unpaired) electrons. The molecule has 1 heterocycles. The van der Waals surface area contributed by atoms with Gasteiger partial charge in [0, 0.05) is 5.56 Å². The highest BCUT2D eigenvalue weighted by Gasteiger charge is 2.08. The number of nitrogen functional groups attached to an aromatic ring is 1. The lowest BCUT2D eigenvalue weighted by atomic mass is 10.2. The maximum atomic E-state index is 12.2. The van der Waals surface area contributed by atoms with Gasteiger partial charge in [-0.05, 0) is 36.2 Å². The van der Waals surface area contributed by atoms with Gasteiger partial charge in [0.1, 0.15) is 11.6 Å². The summed E-state index contributed by atoms with van der Waals surface area (Å²) in [4.78, 5) is 16.1. The number of rotatable bonds is 5. The largest absolute Gasteiger partial charge is 0.493 e. The van der Waals surface area contributed by atoms with Crippen molar-refractivity contribution >= 4 is 29.8 Å². The summed E-state index contributed by atoms with van der Waals surface area (Å²) in [6.07, 6.45) is 1.52. The van der Waals surface area contributed by atoms with Crippen molar-refractivity contribution in [3.8, 4) is 5.75 Å². The second kappa shape index (κ2) is 8.24. The van der Waals surface area contributed by atoms with Crippen LogP contribution in [0.1, 0.15) is 24.2 Å². The van der Waals surface area contributed by atoms with Crippen molar-refractivity contribution in [1.82, 2.24) is 4.98 Å². The van der Waals surface area contributed by atoms with Crippen LogP contribution in [0.2, 0.25) is 0 Å². The summed E-state index contributed by atoms with van der Waals surface area (Å²) in [7, 11) is 0. The van der Waals surface area contributed by atoms with Gasteiger partial charge in [0.05, 0.1) is 18.5 Å². The third-order valence-corrected chi connectivity index (χ3v) is 2.72. The number of aromatic nitrogens is 1. The molecule has 0 atom stereocenters. The summed E-state index contributed by atoms with van der Waals surface area (Å²) in [6, 6.07) is 10.4. The third kappa shape index (κ3) is 5.26. The van der Waals surface area contributed by atoms with Gasteiger partial charge in [0.2, 0.25) is 0 Å². The second-order valence-electron chi connectivity index (χ2n) is 5.16. The highest BCUT2D eigenvalue weighted by molar-refractivity contribution is 6.04. The Kier molecular flexibility index (Phi) is 6.66. The summed E-state index contributed by atoms with van der Waals surface area (Å²) in [5.41, 5.74) is 6.64. The average Bonchev–Trinajstić information content (AvgIpc) is 2.48. The number of pyridine rings is 1. The minimum atomic E-state index is -0.212. The number of nitrogens with zero attached hydrogens (tertiary/aromatic N) is 1. The zero-order valence-corrected chi connectivity index (χ0v) is 13.4. The number of anilines is 2. The molecule has 118 valence electrons. The van der Waals surface area contributed by atoms with E-state index >= 15 is 0 Å². The molecule has 0 saturated carbocycles. The first-order chi connectivity index (χ1) is 10.0. The lowest BCUT2D eigenvalue weighted by molar-refractivity contribution is 0.102. The highest BCUT2D eigenvalue weighted by atomic mass is 35.5. The highest BCUT2D eigenvalue weighted by Crippen LogP contribution is 2.16. The minimum Gasteiger partial charge on any atom is -0.493 e. The van der Waals surface area contributed by atoms with Crippen LogP contribution >= 0.6 is 12.4 Å². The molecule has 1 aromatic carbocycles. The number of ether oxygens (including phenoxy) is 1. The Bertz CT molecular complexity index is 615. The summed E-state index contributed by atoms with van der Waals surface area (Å²) in [6.45, 7) is 4.77. The molecule has 1 amide bonds. The normalized spacial score (nSPS) is 9.95. The molecular formula is C16H20ClN3O2. The zero-order valence-electron chi connectivity index (χ0n) is 12.6. The predicted molar refractivity (Wildman–Crippen MR) is 90.6 cm³/mol. The number of nitrogens with two attached hydrogens (primary N) is 1. The average molecular weight is 322 g/mol. The monoisotopic (exact) mass is 321 g/mol. The first-order valence-corrected chi connectivity index (χ1v) is 6.80. The molecule has 3 N–H and O–H groups in total. The van der Waals surface area contributed by atoms with Crippen LogP contribution in [0.4, 0.5) is 11.5 Å². The van der Waals surface area contributed by atoms with Crippen LogP contribution in [0.25, 0.3) is 0 Å². The number of benzene rings is 1. The van der Waals surface area contributed by atoms with E-state index in [-0.39, 0.29) is 18.3 Å². The van der Waals surface area contributed by atoms with Crippen LogP contribution < -0.4 is 15.8 Å². The number of hydrogen-bond acceptors (Lipinski definition) is 4. The molecule has 0 fully saturated rings. The van der Waals surface area contributed by atoms with E-state index in [2.05, 4.69) is 24.1 Å². The van der Waals surface area contributed by atoms with Gasteiger partial charge in [-0.3, -0.25) is 4.79 Å². The topological polar surface area (TPSA) is 77.2 Å². The van der Waals surface area contributed by atoms with E-state index in [1.165, 1.54) is 6.20 Å². The summed E-state index contributed by atoms with van der Waals surface area (Å²) in [5.74, 6) is 1.32. The predicted octanol–water partition coefficient (Wildman–Crippen LogP) is 3.37. The molecule has 0 saturated heterocycles. The van der Waals surface area contributed by atoms with E-state index < -0.39 is 0 Å². The van der Waals surface area contributed by atoms with Gasteiger partial charge in [-0.25, -0.2) is 4.98 Å². The molecule has 0 aliphatic rings. The van der Waals surface area contributed by atoms with E-state index in [1.807, 2.05) is 6.07 Å². The number of hydrogen-bond donors (Lipinski definition) is 2. The standard InChI is InChI=1S/C16H19N3O2.ClH/c1-11(2)10-21-14-5-3-4-12(8-14)16(20)19-13-6-7-15(17)18-9-13;/h3-9,11H,10H2,1-2H3,(H2,17,18)(H,19,20);1H. The van der Waals surface area contributed by atoms with Gasteiger partial charge >= 0.3 is 0 Å². The smallest absolute Gasteiger partial charge is 0.255 e. The fraction of sp³-hybridized carbons (Fsp3) is 0.250.